The molecule has 5 atom stereocenters. The van der Waals surface area contributed by atoms with Gasteiger partial charge in [-0.15, -0.1) is 0 Å². The SMILES string of the molecule is COC(=O)[C@H]1O[C@@H](OC(=O)C(C)C)[C@H](OC(=O)C(C)C)[C@H](OC(=O)C(C)C)[C@@H]1OC(=O)C(C)C. The quantitative estimate of drug-likeness (QED) is 0.346. The molecule has 11 heteroatoms. The molecule has 1 aliphatic heterocycles. The Kier molecular flexibility index (Phi) is 10.9. The lowest BCUT2D eigenvalue weighted by atomic mass is 9.97. The zero-order chi connectivity index (χ0) is 26.3. The van der Waals surface area contributed by atoms with Crippen molar-refractivity contribution in [3.05, 3.63) is 0 Å². The van der Waals surface area contributed by atoms with Gasteiger partial charge in [0.05, 0.1) is 30.8 Å². The van der Waals surface area contributed by atoms with Crippen LogP contribution in [0.3, 0.4) is 0 Å². The van der Waals surface area contributed by atoms with Crippen LogP contribution >= 0.6 is 0 Å². The van der Waals surface area contributed by atoms with Gasteiger partial charge in [-0.25, -0.2) is 4.79 Å². The highest BCUT2D eigenvalue weighted by Crippen LogP contribution is 2.32. The van der Waals surface area contributed by atoms with E-state index in [4.69, 9.17) is 28.4 Å². The van der Waals surface area contributed by atoms with Crippen molar-refractivity contribution in [2.24, 2.45) is 23.7 Å². The molecule has 11 nitrogen and oxygen atoms in total. The lowest BCUT2D eigenvalue weighted by Gasteiger charge is -2.43. The lowest BCUT2D eigenvalue weighted by molar-refractivity contribution is -0.297. The van der Waals surface area contributed by atoms with Crippen LogP contribution in [0.1, 0.15) is 55.4 Å². The van der Waals surface area contributed by atoms with E-state index in [9.17, 15) is 24.0 Å². The van der Waals surface area contributed by atoms with E-state index in [0.29, 0.717) is 0 Å². The molecule has 194 valence electrons. The molecular formula is C23H36O11. The van der Waals surface area contributed by atoms with Gasteiger partial charge in [0.15, 0.2) is 18.3 Å². The Bertz CT molecular complexity index is 756. The highest BCUT2D eigenvalue weighted by molar-refractivity contribution is 5.78. The average Bonchev–Trinajstić information content (AvgIpc) is 2.75. The van der Waals surface area contributed by atoms with Crippen LogP contribution in [0.25, 0.3) is 0 Å². The van der Waals surface area contributed by atoms with Gasteiger partial charge in [0.2, 0.25) is 12.4 Å². The summed E-state index contributed by atoms with van der Waals surface area (Å²) in [6.07, 6.45) is -7.85. The number of hydrogen-bond acceptors (Lipinski definition) is 11. The molecule has 1 heterocycles. The third-order valence-corrected chi connectivity index (χ3v) is 4.80. The summed E-state index contributed by atoms with van der Waals surface area (Å²) in [6.45, 7) is 12.6. The van der Waals surface area contributed by atoms with Crippen molar-refractivity contribution in [1.82, 2.24) is 0 Å². The summed E-state index contributed by atoms with van der Waals surface area (Å²) in [4.78, 5) is 62.4. The number of esters is 5. The van der Waals surface area contributed by atoms with E-state index in [0.717, 1.165) is 7.11 Å². The molecule has 1 aliphatic rings. The fourth-order valence-corrected chi connectivity index (χ4v) is 2.66. The number of carbonyl (C=O) groups is 5. The van der Waals surface area contributed by atoms with Crippen molar-refractivity contribution >= 4 is 29.8 Å². The first-order valence-electron chi connectivity index (χ1n) is 11.3. The molecule has 0 saturated carbocycles. The van der Waals surface area contributed by atoms with E-state index in [1.54, 1.807) is 55.4 Å². The molecule has 0 aliphatic carbocycles. The topological polar surface area (TPSA) is 141 Å². The third kappa shape index (κ3) is 7.68. The standard InChI is InChI=1S/C23H36O11/c1-10(2)18(24)30-14-15(31-19(25)11(3)4)17(32-20(26)12(5)6)23(34-21(27)13(7)8)33-16(14)22(28)29-9/h10-17,23H,1-9H3/t14-,15+,16-,17+,23-/m0/s1. The van der Waals surface area contributed by atoms with Crippen LogP contribution in [-0.2, 0) is 52.4 Å². The maximum Gasteiger partial charge on any atom is 0.339 e. The van der Waals surface area contributed by atoms with Crippen molar-refractivity contribution in [2.75, 3.05) is 7.11 Å². The molecule has 1 rings (SSSR count). The molecule has 0 amide bonds. The summed E-state index contributed by atoms with van der Waals surface area (Å²) in [5.41, 5.74) is 0. The van der Waals surface area contributed by atoms with Crippen LogP contribution in [-0.4, -0.2) is 67.7 Å². The molecule has 0 N–H and O–H groups in total. The van der Waals surface area contributed by atoms with E-state index in [1.165, 1.54) is 0 Å². The largest absolute Gasteiger partial charge is 0.467 e. The second-order valence-electron chi connectivity index (χ2n) is 9.21. The zero-order valence-electron chi connectivity index (χ0n) is 21.2. The highest BCUT2D eigenvalue weighted by Gasteiger charge is 2.57. The number of rotatable bonds is 9. The van der Waals surface area contributed by atoms with Gasteiger partial charge in [-0.3, -0.25) is 19.2 Å². The molecular weight excluding hydrogens is 452 g/mol. The van der Waals surface area contributed by atoms with Gasteiger partial charge in [0.25, 0.3) is 0 Å². The Morgan fingerprint density at radius 3 is 1.29 bits per heavy atom. The fraction of sp³-hybridized carbons (Fsp3) is 0.783. The summed E-state index contributed by atoms with van der Waals surface area (Å²) in [6, 6.07) is 0. The minimum Gasteiger partial charge on any atom is -0.467 e. The van der Waals surface area contributed by atoms with Crippen molar-refractivity contribution < 1.29 is 52.4 Å². The molecule has 0 radical (unpaired) electrons. The van der Waals surface area contributed by atoms with Crippen molar-refractivity contribution in [3.8, 4) is 0 Å². The van der Waals surface area contributed by atoms with Gasteiger partial charge < -0.3 is 28.4 Å². The average molecular weight is 489 g/mol. The van der Waals surface area contributed by atoms with Crippen molar-refractivity contribution in [3.63, 3.8) is 0 Å². The van der Waals surface area contributed by atoms with Crippen molar-refractivity contribution in [2.45, 2.75) is 86.1 Å². The van der Waals surface area contributed by atoms with E-state index in [2.05, 4.69) is 0 Å². The molecule has 0 bridgehead atoms. The molecule has 0 aromatic heterocycles. The van der Waals surface area contributed by atoms with Crippen LogP contribution in [0, 0.1) is 23.7 Å². The van der Waals surface area contributed by atoms with Gasteiger partial charge in [-0.05, 0) is 0 Å². The second-order valence-corrected chi connectivity index (χ2v) is 9.21. The van der Waals surface area contributed by atoms with E-state index in [1.807, 2.05) is 0 Å². The van der Waals surface area contributed by atoms with Gasteiger partial charge >= 0.3 is 29.8 Å². The Labute approximate surface area is 199 Å². The Morgan fingerprint density at radius 1 is 0.559 bits per heavy atom. The summed E-state index contributed by atoms with van der Waals surface area (Å²) in [7, 11) is 1.09. The second kappa shape index (κ2) is 12.7. The predicted octanol–water partition coefficient (Wildman–Crippen LogP) is 1.79. The Balaban J connectivity index is 3.61. The van der Waals surface area contributed by atoms with Crippen LogP contribution in [0.4, 0.5) is 0 Å². The first-order valence-corrected chi connectivity index (χ1v) is 11.3. The van der Waals surface area contributed by atoms with Crippen LogP contribution in [0.15, 0.2) is 0 Å². The highest BCUT2D eigenvalue weighted by atomic mass is 16.7. The van der Waals surface area contributed by atoms with Gasteiger partial charge in [0, 0.05) is 0 Å². The number of methoxy groups -OCH3 is 1. The fourth-order valence-electron chi connectivity index (χ4n) is 2.66. The maximum atomic E-state index is 12.6. The summed E-state index contributed by atoms with van der Waals surface area (Å²) in [5.74, 6) is -6.24. The third-order valence-electron chi connectivity index (χ3n) is 4.80. The summed E-state index contributed by atoms with van der Waals surface area (Å²) in [5, 5.41) is 0. The van der Waals surface area contributed by atoms with E-state index < -0.39 is 84.2 Å². The molecule has 0 aromatic rings. The van der Waals surface area contributed by atoms with E-state index >= 15 is 0 Å². The molecule has 0 aromatic carbocycles. The number of hydrogen-bond donors (Lipinski definition) is 0. The van der Waals surface area contributed by atoms with Gasteiger partial charge in [-0.1, -0.05) is 55.4 Å². The summed E-state index contributed by atoms with van der Waals surface area (Å²) < 4.78 is 32.4. The van der Waals surface area contributed by atoms with Gasteiger partial charge in [0.1, 0.15) is 0 Å². The number of carbonyl (C=O) groups excluding carboxylic acids is 5. The first-order chi connectivity index (χ1) is 15.7. The monoisotopic (exact) mass is 488 g/mol. The van der Waals surface area contributed by atoms with Crippen molar-refractivity contribution in [1.29, 1.82) is 0 Å². The normalized spacial score (nSPS) is 24.7. The van der Waals surface area contributed by atoms with E-state index in [-0.39, 0.29) is 0 Å². The molecule has 0 unspecified atom stereocenters. The molecule has 34 heavy (non-hydrogen) atoms. The minimum absolute atomic E-state index is 0.588. The predicted molar refractivity (Wildman–Crippen MR) is 116 cm³/mol. The molecule has 1 fully saturated rings. The van der Waals surface area contributed by atoms with Gasteiger partial charge in [-0.2, -0.15) is 0 Å². The molecule has 0 spiro atoms. The van der Waals surface area contributed by atoms with Crippen LogP contribution in [0.2, 0.25) is 0 Å². The smallest absolute Gasteiger partial charge is 0.339 e. The first kappa shape index (κ1) is 29.3. The number of ether oxygens (including phenoxy) is 6. The zero-order valence-corrected chi connectivity index (χ0v) is 21.2. The maximum absolute atomic E-state index is 12.6. The van der Waals surface area contributed by atoms with Crippen LogP contribution < -0.4 is 0 Å². The van der Waals surface area contributed by atoms with Crippen LogP contribution in [0.5, 0.6) is 0 Å². The lowest BCUT2D eigenvalue weighted by Crippen LogP contribution is -2.64. The Morgan fingerprint density at radius 2 is 0.912 bits per heavy atom. The summed E-state index contributed by atoms with van der Waals surface area (Å²) >= 11 is 0. The molecule has 1 saturated heterocycles. The minimum atomic E-state index is -1.64. The Hall–Kier alpha value is -2.69.